The van der Waals surface area contributed by atoms with Crippen molar-refractivity contribution in [3.05, 3.63) is 59.7 Å². The number of rotatable bonds is 5. The summed E-state index contributed by atoms with van der Waals surface area (Å²) in [7, 11) is 0. The summed E-state index contributed by atoms with van der Waals surface area (Å²) in [5, 5.41) is 2.76. The van der Waals surface area contributed by atoms with E-state index in [2.05, 4.69) is 5.32 Å². The minimum Gasteiger partial charge on any atom is -0.480 e. The molecule has 114 valence electrons. The third-order valence-corrected chi connectivity index (χ3v) is 3.14. The van der Waals surface area contributed by atoms with Gasteiger partial charge in [0, 0.05) is 5.69 Å². The molecule has 0 aliphatic carbocycles. The molecule has 1 atom stereocenters. The van der Waals surface area contributed by atoms with Crippen molar-refractivity contribution in [1.82, 2.24) is 0 Å². The predicted molar refractivity (Wildman–Crippen MR) is 84.9 cm³/mol. The number of carbonyl (C=O) groups excluding carboxylic acids is 2. The summed E-state index contributed by atoms with van der Waals surface area (Å²) in [5.74, 6) is -0.605. The highest BCUT2D eigenvalue weighted by Gasteiger charge is 2.17. The first kappa shape index (κ1) is 15.6. The summed E-state index contributed by atoms with van der Waals surface area (Å²) in [6, 6.07) is 14.0. The predicted octanol–water partition coefficient (Wildman–Crippen LogP) is 2.50. The van der Waals surface area contributed by atoms with Crippen molar-refractivity contribution in [3.63, 3.8) is 0 Å². The number of hydrogen-bond acceptors (Lipinski definition) is 3. The Morgan fingerprint density at radius 2 is 1.73 bits per heavy atom. The lowest BCUT2D eigenvalue weighted by Gasteiger charge is -2.16. The Kier molecular flexibility index (Phi) is 4.78. The van der Waals surface area contributed by atoms with Gasteiger partial charge in [0.2, 0.25) is 0 Å². The van der Waals surface area contributed by atoms with Gasteiger partial charge in [-0.3, -0.25) is 9.59 Å². The minimum atomic E-state index is -0.762. The standard InChI is InChI=1S/C17H18N2O3/c1-11-7-9-13(10-8-11)19-17(21)12(2)22-15-6-4-3-5-14(15)16(18)20/h3-10,12H,1-2H3,(H2,18,20)(H,19,21). The molecule has 0 aromatic heterocycles. The van der Waals surface area contributed by atoms with E-state index >= 15 is 0 Å². The maximum atomic E-state index is 12.1. The number of para-hydroxylation sites is 1. The topological polar surface area (TPSA) is 81.4 Å². The fourth-order valence-corrected chi connectivity index (χ4v) is 1.90. The number of nitrogens with two attached hydrogens (primary N) is 1. The molecule has 2 aromatic carbocycles. The number of aryl methyl sites for hydroxylation is 1. The highest BCUT2D eigenvalue weighted by atomic mass is 16.5. The Morgan fingerprint density at radius 3 is 2.36 bits per heavy atom. The molecule has 3 N–H and O–H groups in total. The van der Waals surface area contributed by atoms with Gasteiger partial charge in [0.15, 0.2) is 6.10 Å². The molecule has 2 amide bonds. The van der Waals surface area contributed by atoms with Gasteiger partial charge in [-0.05, 0) is 38.1 Å². The first-order valence-corrected chi connectivity index (χ1v) is 6.90. The van der Waals surface area contributed by atoms with E-state index < -0.39 is 12.0 Å². The van der Waals surface area contributed by atoms with Gasteiger partial charge in [0.25, 0.3) is 11.8 Å². The SMILES string of the molecule is Cc1ccc(NC(=O)C(C)Oc2ccccc2C(N)=O)cc1. The summed E-state index contributed by atoms with van der Waals surface area (Å²) in [6.07, 6.45) is -0.762. The smallest absolute Gasteiger partial charge is 0.265 e. The zero-order valence-corrected chi connectivity index (χ0v) is 12.5. The van der Waals surface area contributed by atoms with Gasteiger partial charge >= 0.3 is 0 Å². The second kappa shape index (κ2) is 6.76. The number of ether oxygens (including phenoxy) is 1. The number of anilines is 1. The van der Waals surface area contributed by atoms with Gasteiger partial charge in [-0.1, -0.05) is 29.8 Å². The van der Waals surface area contributed by atoms with E-state index in [0.29, 0.717) is 11.4 Å². The Morgan fingerprint density at radius 1 is 1.09 bits per heavy atom. The van der Waals surface area contributed by atoms with Crippen LogP contribution in [0.4, 0.5) is 5.69 Å². The Bertz CT molecular complexity index is 681. The number of hydrogen-bond donors (Lipinski definition) is 2. The second-order valence-corrected chi connectivity index (χ2v) is 4.98. The number of benzene rings is 2. The Balaban J connectivity index is 2.05. The quantitative estimate of drug-likeness (QED) is 0.889. The lowest BCUT2D eigenvalue weighted by atomic mass is 10.2. The summed E-state index contributed by atoms with van der Waals surface area (Å²) in [6.45, 7) is 3.58. The fourth-order valence-electron chi connectivity index (χ4n) is 1.90. The first-order valence-electron chi connectivity index (χ1n) is 6.90. The summed E-state index contributed by atoms with van der Waals surface area (Å²) >= 11 is 0. The van der Waals surface area contributed by atoms with Crippen molar-refractivity contribution in [1.29, 1.82) is 0 Å². The third kappa shape index (κ3) is 3.85. The molecule has 0 aliphatic heterocycles. The highest BCUT2D eigenvalue weighted by Crippen LogP contribution is 2.19. The van der Waals surface area contributed by atoms with E-state index in [1.54, 1.807) is 31.2 Å². The van der Waals surface area contributed by atoms with Gasteiger partial charge < -0.3 is 15.8 Å². The molecule has 0 aliphatic rings. The average molecular weight is 298 g/mol. The Labute approximate surface area is 129 Å². The van der Waals surface area contributed by atoms with Crippen LogP contribution in [0, 0.1) is 6.92 Å². The van der Waals surface area contributed by atoms with E-state index in [9.17, 15) is 9.59 Å². The van der Waals surface area contributed by atoms with Crippen molar-refractivity contribution < 1.29 is 14.3 Å². The van der Waals surface area contributed by atoms with Crippen molar-refractivity contribution in [2.24, 2.45) is 5.73 Å². The summed E-state index contributed by atoms with van der Waals surface area (Å²) in [5.41, 5.74) is 7.33. The molecule has 0 saturated heterocycles. The molecule has 0 bridgehead atoms. The third-order valence-electron chi connectivity index (χ3n) is 3.14. The molecule has 22 heavy (non-hydrogen) atoms. The number of amides is 2. The molecule has 5 heteroatoms. The number of primary amides is 1. The molecule has 0 spiro atoms. The minimum absolute atomic E-state index is 0.248. The highest BCUT2D eigenvalue weighted by molar-refractivity contribution is 5.96. The van der Waals surface area contributed by atoms with Crippen LogP contribution in [0.5, 0.6) is 5.75 Å². The van der Waals surface area contributed by atoms with Crippen molar-refractivity contribution >= 4 is 17.5 Å². The molecule has 5 nitrogen and oxygen atoms in total. The molecule has 2 rings (SSSR count). The fraction of sp³-hybridized carbons (Fsp3) is 0.176. The maximum absolute atomic E-state index is 12.1. The number of nitrogens with one attached hydrogen (secondary N) is 1. The monoisotopic (exact) mass is 298 g/mol. The number of carbonyl (C=O) groups is 2. The Hall–Kier alpha value is -2.82. The van der Waals surface area contributed by atoms with Crippen LogP contribution < -0.4 is 15.8 Å². The van der Waals surface area contributed by atoms with E-state index in [4.69, 9.17) is 10.5 Å². The molecule has 0 heterocycles. The van der Waals surface area contributed by atoms with Crippen LogP contribution in [0.25, 0.3) is 0 Å². The van der Waals surface area contributed by atoms with Crippen LogP contribution in [-0.4, -0.2) is 17.9 Å². The maximum Gasteiger partial charge on any atom is 0.265 e. The molecule has 2 aromatic rings. The zero-order chi connectivity index (χ0) is 16.1. The van der Waals surface area contributed by atoms with Crippen LogP contribution >= 0.6 is 0 Å². The lowest BCUT2D eigenvalue weighted by Crippen LogP contribution is -2.30. The second-order valence-electron chi connectivity index (χ2n) is 4.98. The van der Waals surface area contributed by atoms with Crippen LogP contribution in [-0.2, 0) is 4.79 Å². The lowest BCUT2D eigenvalue weighted by molar-refractivity contribution is -0.122. The largest absolute Gasteiger partial charge is 0.480 e. The van der Waals surface area contributed by atoms with E-state index in [1.807, 2.05) is 31.2 Å². The van der Waals surface area contributed by atoms with E-state index in [0.717, 1.165) is 5.56 Å². The van der Waals surface area contributed by atoms with Crippen LogP contribution in [0.2, 0.25) is 0 Å². The van der Waals surface area contributed by atoms with Crippen molar-refractivity contribution in [2.75, 3.05) is 5.32 Å². The van der Waals surface area contributed by atoms with Gasteiger partial charge in [0.1, 0.15) is 5.75 Å². The summed E-state index contributed by atoms with van der Waals surface area (Å²) < 4.78 is 5.55. The molecular formula is C17H18N2O3. The van der Waals surface area contributed by atoms with Crippen LogP contribution in [0.3, 0.4) is 0 Å². The van der Waals surface area contributed by atoms with Gasteiger partial charge in [-0.15, -0.1) is 0 Å². The summed E-state index contributed by atoms with van der Waals surface area (Å²) in [4.78, 5) is 23.5. The van der Waals surface area contributed by atoms with Crippen LogP contribution in [0.1, 0.15) is 22.8 Å². The molecular weight excluding hydrogens is 280 g/mol. The molecule has 0 saturated carbocycles. The normalized spacial score (nSPS) is 11.5. The average Bonchev–Trinajstić information content (AvgIpc) is 2.49. The van der Waals surface area contributed by atoms with Crippen molar-refractivity contribution in [3.8, 4) is 5.75 Å². The first-order chi connectivity index (χ1) is 10.5. The van der Waals surface area contributed by atoms with Crippen molar-refractivity contribution in [2.45, 2.75) is 20.0 Å². The zero-order valence-electron chi connectivity index (χ0n) is 12.5. The van der Waals surface area contributed by atoms with Gasteiger partial charge in [0.05, 0.1) is 5.56 Å². The van der Waals surface area contributed by atoms with Crippen LogP contribution in [0.15, 0.2) is 48.5 Å². The van der Waals surface area contributed by atoms with E-state index in [-0.39, 0.29) is 11.5 Å². The van der Waals surface area contributed by atoms with E-state index in [1.165, 1.54) is 0 Å². The molecule has 0 radical (unpaired) electrons. The molecule has 1 unspecified atom stereocenters. The van der Waals surface area contributed by atoms with Gasteiger partial charge in [-0.25, -0.2) is 0 Å². The molecule has 0 fully saturated rings. The van der Waals surface area contributed by atoms with Gasteiger partial charge in [-0.2, -0.15) is 0 Å².